The summed E-state index contributed by atoms with van der Waals surface area (Å²) in [5.74, 6) is -1.11. The van der Waals surface area contributed by atoms with Gasteiger partial charge in [-0.25, -0.2) is 4.79 Å². The summed E-state index contributed by atoms with van der Waals surface area (Å²) < 4.78 is 0. The molecule has 0 aromatic carbocycles. The minimum absolute atomic E-state index is 0.0244. The zero-order valence-electron chi connectivity index (χ0n) is 8.99. The maximum absolute atomic E-state index is 11.2. The largest absolute Gasteiger partial charge is 0.478 e. The molecule has 1 saturated carbocycles. The van der Waals surface area contributed by atoms with Crippen LogP contribution in [0.25, 0.3) is 0 Å². The molecule has 5 nitrogen and oxygen atoms in total. The van der Waals surface area contributed by atoms with Gasteiger partial charge >= 0.3 is 5.97 Å². The first-order chi connectivity index (χ1) is 7.50. The van der Waals surface area contributed by atoms with E-state index in [1.165, 1.54) is 25.3 Å². The number of hydrogen-bond donors (Lipinski definition) is 3. The molecule has 1 amide bonds. The molecule has 1 aliphatic carbocycles. The van der Waals surface area contributed by atoms with Crippen molar-refractivity contribution >= 4 is 17.6 Å². The van der Waals surface area contributed by atoms with Crippen LogP contribution in [0.5, 0.6) is 0 Å². The van der Waals surface area contributed by atoms with Gasteiger partial charge in [0.15, 0.2) is 0 Å². The highest BCUT2D eigenvalue weighted by molar-refractivity contribution is 6.00. The number of aliphatic carboxylic acids is 1. The molecule has 0 aromatic heterocycles. The van der Waals surface area contributed by atoms with Crippen molar-refractivity contribution in [3.63, 3.8) is 0 Å². The minimum Gasteiger partial charge on any atom is -0.478 e. The smallest absolute Gasteiger partial charge is 0.335 e. The molecule has 0 spiro atoms. The highest BCUT2D eigenvalue weighted by Crippen LogP contribution is 2.28. The first-order valence-electron chi connectivity index (χ1n) is 4.98. The maximum Gasteiger partial charge on any atom is 0.335 e. The SMILES string of the molecule is CC(=N)/C=C(\C=C\NC(=O)C1CC1)C(=O)O. The monoisotopic (exact) mass is 222 g/mol. The van der Waals surface area contributed by atoms with Crippen molar-refractivity contribution in [2.45, 2.75) is 19.8 Å². The standard InChI is InChI=1S/C11H14N2O3/c1-7(12)6-9(11(15)16)4-5-13-10(14)8-2-3-8/h4-6,8,12H,2-3H2,1H3,(H,13,14)(H,15,16)/b5-4+,9-6+,12-7?. The van der Waals surface area contributed by atoms with E-state index in [0.29, 0.717) is 0 Å². The quantitative estimate of drug-likeness (QED) is 0.369. The number of hydrogen-bond acceptors (Lipinski definition) is 3. The number of amides is 1. The Morgan fingerprint density at radius 1 is 1.44 bits per heavy atom. The summed E-state index contributed by atoms with van der Waals surface area (Å²) >= 11 is 0. The molecule has 0 aliphatic heterocycles. The molecule has 0 heterocycles. The molecule has 0 radical (unpaired) electrons. The van der Waals surface area contributed by atoms with Crippen LogP contribution in [0.15, 0.2) is 23.9 Å². The first kappa shape index (κ1) is 12.2. The number of carbonyl (C=O) groups excluding carboxylic acids is 1. The van der Waals surface area contributed by atoms with E-state index in [0.717, 1.165) is 12.8 Å². The van der Waals surface area contributed by atoms with Gasteiger partial charge in [0.25, 0.3) is 0 Å². The number of nitrogens with one attached hydrogen (secondary N) is 2. The van der Waals surface area contributed by atoms with Gasteiger partial charge in [-0.05, 0) is 31.9 Å². The van der Waals surface area contributed by atoms with Crippen molar-refractivity contribution in [1.29, 1.82) is 5.41 Å². The predicted molar refractivity (Wildman–Crippen MR) is 59.1 cm³/mol. The normalized spacial score (nSPS) is 16.2. The molecule has 16 heavy (non-hydrogen) atoms. The number of carboxylic acids is 1. The van der Waals surface area contributed by atoms with E-state index in [4.69, 9.17) is 10.5 Å². The Kier molecular flexibility index (Phi) is 3.99. The van der Waals surface area contributed by atoms with Gasteiger partial charge in [-0.3, -0.25) is 4.79 Å². The molecule has 0 unspecified atom stereocenters. The van der Waals surface area contributed by atoms with E-state index in [2.05, 4.69) is 5.32 Å². The fourth-order valence-electron chi connectivity index (χ4n) is 1.09. The lowest BCUT2D eigenvalue weighted by Gasteiger charge is -1.97. The number of rotatable bonds is 5. The van der Waals surface area contributed by atoms with E-state index in [9.17, 15) is 9.59 Å². The van der Waals surface area contributed by atoms with Gasteiger partial charge in [0.1, 0.15) is 0 Å². The molecule has 3 N–H and O–H groups in total. The van der Waals surface area contributed by atoms with Crippen LogP contribution >= 0.6 is 0 Å². The lowest BCUT2D eigenvalue weighted by atomic mass is 10.2. The summed E-state index contributed by atoms with van der Waals surface area (Å²) in [7, 11) is 0. The Morgan fingerprint density at radius 2 is 2.06 bits per heavy atom. The van der Waals surface area contributed by atoms with E-state index >= 15 is 0 Å². The van der Waals surface area contributed by atoms with E-state index in [1.807, 2.05) is 0 Å². The fraction of sp³-hybridized carbons (Fsp3) is 0.364. The Balaban J connectivity index is 2.53. The number of carbonyl (C=O) groups is 2. The summed E-state index contributed by atoms with van der Waals surface area (Å²) in [6, 6.07) is 0. The van der Waals surface area contributed by atoms with Gasteiger partial charge < -0.3 is 15.8 Å². The zero-order chi connectivity index (χ0) is 12.1. The zero-order valence-corrected chi connectivity index (χ0v) is 8.99. The minimum atomic E-state index is -1.12. The van der Waals surface area contributed by atoms with Crippen molar-refractivity contribution in [3.05, 3.63) is 23.9 Å². The molecule has 0 atom stereocenters. The van der Waals surface area contributed by atoms with E-state index in [1.54, 1.807) is 0 Å². The second-order valence-electron chi connectivity index (χ2n) is 3.70. The molecule has 86 valence electrons. The van der Waals surface area contributed by atoms with Crippen molar-refractivity contribution in [2.75, 3.05) is 0 Å². The topological polar surface area (TPSA) is 90.3 Å². The molecule has 1 fully saturated rings. The molecule has 1 rings (SSSR count). The van der Waals surface area contributed by atoms with Crippen LogP contribution in [0.4, 0.5) is 0 Å². The van der Waals surface area contributed by atoms with Crippen molar-refractivity contribution in [3.8, 4) is 0 Å². The maximum atomic E-state index is 11.2. The molecular weight excluding hydrogens is 208 g/mol. The van der Waals surface area contributed by atoms with Crippen LogP contribution in [-0.4, -0.2) is 22.7 Å². The van der Waals surface area contributed by atoms with Crippen molar-refractivity contribution < 1.29 is 14.7 Å². The summed E-state index contributed by atoms with van der Waals surface area (Å²) in [5.41, 5.74) is 0.124. The van der Waals surface area contributed by atoms with Crippen molar-refractivity contribution in [2.24, 2.45) is 5.92 Å². The van der Waals surface area contributed by atoms with Gasteiger partial charge in [-0.15, -0.1) is 0 Å². The molecule has 0 aromatic rings. The van der Waals surface area contributed by atoms with Gasteiger partial charge in [0.2, 0.25) is 5.91 Å². The third-order valence-electron chi connectivity index (χ3n) is 2.06. The van der Waals surface area contributed by atoms with Crippen LogP contribution in [0, 0.1) is 11.3 Å². The molecule has 0 saturated heterocycles. The first-order valence-corrected chi connectivity index (χ1v) is 4.98. The molecule has 1 aliphatic rings. The Hall–Kier alpha value is -1.91. The Morgan fingerprint density at radius 3 is 2.50 bits per heavy atom. The average molecular weight is 222 g/mol. The Bertz CT molecular complexity index is 379. The second kappa shape index (κ2) is 5.25. The molecule has 5 heteroatoms. The molecule has 0 bridgehead atoms. The van der Waals surface area contributed by atoms with Crippen LogP contribution in [0.1, 0.15) is 19.8 Å². The highest BCUT2D eigenvalue weighted by atomic mass is 16.4. The van der Waals surface area contributed by atoms with Gasteiger partial charge in [-0.2, -0.15) is 0 Å². The number of carboxylic acid groups (broad SMARTS) is 1. The lowest BCUT2D eigenvalue weighted by Crippen LogP contribution is -2.18. The van der Waals surface area contributed by atoms with Gasteiger partial charge in [0.05, 0.1) is 5.57 Å². The summed E-state index contributed by atoms with van der Waals surface area (Å²) in [6.45, 7) is 1.49. The Labute approximate surface area is 93.4 Å². The average Bonchev–Trinajstić information content (AvgIpc) is 2.98. The third kappa shape index (κ3) is 4.08. The van der Waals surface area contributed by atoms with Crippen LogP contribution < -0.4 is 5.32 Å². The second-order valence-corrected chi connectivity index (χ2v) is 3.70. The van der Waals surface area contributed by atoms with Gasteiger partial charge in [0, 0.05) is 17.8 Å². The summed E-state index contributed by atoms with van der Waals surface area (Å²) in [4.78, 5) is 21.9. The van der Waals surface area contributed by atoms with Crippen LogP contribution in [0.2, 0.25) is 0 Å². The fourth-order valence-corrected chi connectivity index (χ4v) is 1.09. The van der Waals surface area contributed by atoms with E-state index in [-0.39, 0.29) is 23.1 Å². The number of allylic oxidation sites excluding steroid dienone is 1. The predicted octanol–water partition coefficient (Wildman–Crippen LogP) is 1.08. The summed E-state index contributed by atoms with van der Waals surface area (Å²) in [5, 5.41) is 18.4. The lowest BCUT2D eigenvalue weighted by molar-refractivity contribution is -0.132. The highest BCUT2D eigenvalue weighted by Gasteiger charge is 2.28. The van der Waals surface area contributed by atoms with Crippen LogP contribution in [-0.2, 0) is 9.59 Å². The summed E-state index contributed by atoms with van der Waals surface area (Å²) in [6.07, 6.45) is 5.62. The van der Waals surface area contributed by atoms with Crippen LogP contribution in [0.3, 0.4) is 0 Å². The van der Waals surface area contributed by atoms with E-state index < -0.39 is 5.97 Å². The van der Waals surface area contributed by atoms with Gasteiger partial charge in [-0.1, -0.05) is 0 Å². The third-order valence-corrected chi connectivity index (χ3v) is 2.06. The van der Waals surface area contributed by atoms with Crippen molar-refractivity contribution in [1.82, 2.24) is 5.32 Å². The molecular formula is C11H14N2O3.